The van der Waals surface area contributed by atoms with Gasteiger partial charge in [-0.1, -0.05) is 36.4 Å². The molecular weight excluding hydrogens is 330 g/mol. The highest BCUT2D eigenvalue weighted by Gasteiger charge is 2.49. The summed E-state index contributed by atoms with van der Waals surface area (Å²) in [4.78, 5) is 38.3. The zero-order chi connectivity index (χ0) is 18.9. The number of aryl methyl sites for hydroxylation is 2. The summed E-state index contributed by atoms with van der Waals surface area (Å²) in [7, 11) is 0. The molecule has 6 nitrogen and oxygen atoms in total. The Kier molecular flexibility index (Phi) is 4.50. The van der Waals surface area contributed by atoms with Crippen molar-refractivity contribution in [3.05, 3.63) is 65.2 Å². The lowest BCUT2D eigenvalue weighted by molar-refractivity contribution is -0.133. The van der Waals surface area contributed by atoms with Crippen molar-refractivity contribution in [3.63, 3.8) is 0 Å². The lowest BCUT2D eigenvalue weighted by Crippen LogP contribution is -2.42. The second-order valence-electron chi connectivity index (χ2n) is 6.66. The van der Waals surface area contributed by atoms with Gasteiger partial charge in [0.1, 0.15) is 12.1 Å². The van der Waals surface area contributed by atoms with E-state index in [4.69, 9.17) is 0 Å². The van der Waals surface area contributed by atoms with Crippen molar-refractivity contribution in [2.24, 2.45) is 0 Å². The van der Waals surface area contributed by atoms with Gasteiger partial charge in [0.25, 0.3) is 5.91 Å². The van der Waals surface area contributed by atoms with Gasteiger partial charge in [0.2, 0.25) is 5.91 Å². The van der Waals surface area contributed by atoms with E-state index >= 15 is 0 Å². The maximum atomic E-state index is 12.8. The Balaban J connectivity index is 1.73. The van der Waals surface area contributed by atoms with Gasteiger partial charge in [0, 0.05) is 5.69 Å². The van der Waals surface area contributed by atoms with Crippen LogP contribution in [0.4, 0.5) is 10.5 Å². The molecule has 0 aliphatic carbocycles. The van der Waals surface area contributed by atoms with Crippen molar-refractivity contribution in [1.82, 2.24) is 10.2 Å². The number of anilines is 1. The van der Waals surface area contributed by atoms with E-state index in [-0.39, 0.29) is 6.54 Å². The van der Waals surface area contributed by atoms with Crippen LogP contribution in [0.1, 0.15) is 23.6 Å². The van der Waals surface area contributed by atoms with E-state index in [2.05, 4.69) is 10.6 Å². The minimum absolute atomic E-state index is 0.333. The first kappa shape index (κ1) is 17.7. The molecule has 1 heterocycles. The first-order valence-corrected chi connectivity index (χ1v) is 8.38. The minimum atomic E-state index is -1.17. The summed E-state index contributed by atoms with van der Waals surface area (Å²) < 4.78 is 0. The molecule has 1 atom stereocenters. The third-order valence-corrected chi connectivity index (χ3v) is 4.72. The fraction of sp³-hybridized carbons (Fsp3) is 0.250. The third kappa shape index (κ3) is 3.18. The van der Waals surface area contributed by atoms with Crippen LogP contribution in [0.3, 0.4) is 0 Å². The van der Waals surface area contributed by atoms with Crippen LogP contribution in [0.25, 0.3) is 0 Å². The molecule has 0 radical (unpaired) electrons. The van der Waals surface area contributed by atoms with Crippen LogP contribution in [-0.2, 0) is 15.1 Å². The van der Waals surface area contributed by atoms with Crippen LogP contribution in [0.15, 0.2) is 48.5 Å². The van der Waals surface area contributed by atoms with Gasteiger partial charge in [0.05, 0.1) is 0 Å². The van der Waals surface area contributed by atoms with Crippen molar-refractivity contribution >= 4 is 23.5 Å². The van der Waals surface area contributed by atoms with E-state index < -0.39 is 23.4 Å². The highest BCUT2D eigenvalue weighted by atomic mass is 16.2. The first-order valence-electron chi connectivity index (χ1n) is 8.38. The Hall–Kier alpha value is -3.15. The summed E-state index contributed by atoms with van der Waals surface area (Å²) in [6, 6.07) is 14.0. The van der Waals surface area contributed by atoms with Crippen molar-refractivity contribution in [3.8, 4) is 0 Å². The van der Waals surface area contributed by atoms with Crippen LogP contribution in [0, 0.1) is 13.8 Å². The molecule has 3 rings (SSSR count). The number of nitrogens with zero attached hydrogens (tertiary/aromatic N) is 1. The van der Waals surface area contributed by atoms with Gasteiger partial charge < -0.3 is 10.6 Å². The zero-order valence-electron chi connectivity index (χ0n) is 15.0. The maximum Gasteiger partial charge on any atom is 0.325 e. The summed E-state index contributed by atoms with van der Waals surface area (Å²) in [5.74, 6) is -0.863. The smallest absolute Gasteiger partial charge is 0.325 e. The van der Waals surface area contributed by atoms with Crippen LogP contribution < -0.4 is 10.6 Å². The summed E-state index contributed by atoms with van der Waals surface area (Å²) in [5, 5.41) is 5.42. The summed E-state index contributed by atoms with van der Waals surface area (Å²) >= 11 is 0. The van der Waals surface area contributed by atoms with Gasteiger partial charge >= 0.3 is 6.03 Å². The maximum absolute atomic E-state index is 12.8. The molecule has 4 amide bonds. The van der Waals surface area contributed by atoms with E-state index in [0.29, 0.717) is 11.3 Å². The molecule has 2 aromatic rings. The molecule has 26 heavy (non-hydrogen) atoms. The second kappa shape index (κ2) is 6.63. The van der Waals surface area contributed by atoms with Crippen LogP contribution >= 0.6 is 0 Å². The number of hydrogen-bond acceptors (Lipinski definition) is 3. The van der Waals surface area contributed by atoms with Crippen LogP contribution in [-0.4, -0.2) is 29.3 Å². The summed E-state index contributed by atoms with van der Waals surface area (Å²) in [6.07, 6.45) is 0. The molecule has 1 unspecified atom stereocenters. The van der Waals surface area contributed by atoms with Gasteiger partial charge in [-0.15, -0.1) is 0 Å². The Morgan fingerprint density at radius 3 is 2.42 bits per heavy atom. The van der Waals surface area contributed by atoms with Gasteiger partial charge in [-0.3, -0.25) is 14.5 Å². The minimum Gasteiger partial charge on any atom is -0.325 e. The SMILES string of the molecule is Cc1ccc(NC(=O)CN2C(=O)NC(C)(c3ccccc3)C2=O)cc1C. The molecule has 134 valence electrons. The lowest BCUT2D eigenvalue weighted by Gasteiger charge is -2.22. The molecule has 1 aliphatic rings. The number of carbonyl (C=O) groups is 3. The topological polar surface area (TPSA) is 78.5 Å². The van der Waals surface area contributed by atoms with Crippen LogP contribution in [0.5, 0.6) is 0 Å². The fourth-order valence-corrected chi connectivity index (χ4v) is 2.97. The highest BCUT2D eigenvalue weighted by molar-refractivity contribution is 6.10. The normalized spacial score (nSPS) is 19.4. The number of amides is 4. The number of imide groups is 1. The largest absolute Gasteiger partial charge is 0.325 e. The van der Waals surface area contributed by atoms with Crippen LogP contribution in [0.2, 0.25) is 0 Å². The van der Waals surface area contributed by atoms with E-state index in [9.17, 15) is 14.4 Å². The number of benzene rings is 2. The first-order chi connectivity index (χ1) is 12.3. The van der Waals surface area contributed by atoms with Crippen molar-refractivity contribution in [2.75, 3.05) is 11.9 Å². The Bertz CT molecular complexity index is 879. The predicted molar refractivity (Wildman–Crippen MR) is 98.6 cm³/mol. The van der Waals surface area contributed by atoms with Crippen molar-refractivity contribution < 1.29 is 14.4 Å². The van der Waals surface area contributed by atoms with E-state index in [1.165, 1.54) is 0 Å². The Morgan fingerprint density at radius 2 is 1.77 bits per heavy atom. The molecule has 1 aliphatic heterocycles. The molecule has 1 saturated heterocycles. The molecule has 0 aromatic heterocycles. The quantitative estimate of drug-likeness (QED) is 0.832. The average molecular weight is 351 g/mol. The third-order valence-electron chi connectivity index (χ3n) is 4.72. The number of rotatable bonds is 4. The van der Waals surface area contributed by atoms with Crippen molar-refractivity contribution in [2.45, 2.75) is 26.3 Å². The van der Waals surface area contributed by atoms with Gasteiger partial charge in [-0.25, -0.2) is 4.79 Å². The molecule has 0 bridgehead atoms. The Labute approximate surface area is 152 Å². The predicted octanol–water partition coefficient (Wildman–Crippen LogP) is 2.71. The van der Waals surface area contributed by atoms with E-state index in [1.54, 1.807) is 37.3 Å². The number of nitrogens with one attached hydrogen (secondary N) is 2. The molecule has 0 spiro atoms. The van der Waals surface area contributed by atoms with E-state index in [0.717, 1.165) is 16.0 Å². The summed E-state index contributed by atoms with van der Waals surface area (Å²) in [5.41, 5.74) is 2.32. The number of carbonyl (C=O) groups excluding carboxylic acids is 3. The molecular formula is C20H21N3O3. The van der Waals surface area contributed by atoms with Crippen molar-refractivity contribution in [1.29, 1.82) is 0 Å². The molecule has 1 fully saturated rings. The van der Waals surface area contributed by atoms with Gasteiger partial charge in [-0.2, -0.15) is 0 Å². The lowest BCUT2D eigenvalue weighted by atomic mass is 9.92. The van der Waals surface area contributed by atoms with Gasteiger partial charge in [0.15, 0.2) is 0 Å². The van der Waals surface area contributed by atoms with E-state index in [1.807, 2.05) is 32.0 Å². The zero-order valence-corrected chi connectivity index (χ0v) is 15.0. The molecule has 0 saturated carbocycles. The molecule has 2 N–H and O–H groups in total. The monoisotopic (exact) mass is 351 g/mol. The summed E-state index contributed by atoms with van der Waals surface area (Å²) in [6.45, 7) is 5.25. The number of hydrogen-bond donors (Lipinski definition) is 2. The number of urea groups is 1. The molecule has 2 aromatic carbocycles. The second-order valence-corrected chi connectivity index (χ2v) is 6.66. The standard InChI is InChI=1S/C20H21N3O3/c1-13-9-10-16(11-14(13)2)21-17(24)12-23-18(25)20(3,22-19(23)26)15-7-5-4-6-8-15/h4-11H,12H2,1-3H3,(H,21,24)(H,22,26). The average Bonchev–Trinajstić information content (AvgIpc) is 2.83. The highest BCUT2D eigenvalue weighted by Crippen LogP contribution is 2.28. The molecule has 6 heteroatoms. The Morgan fingerprint density at radius 1 is 1.08 bits per heavy atom. The van der Waals surface area contributed by atoms with Gasteiger partial charge in [-0.05, 0) is 49.6 Å². The fourth-order valence-electron chi connectivity index (χ4n) is 2.97.